The molecular weight excluding hydrogens is 442 g/mol. The van der Waals surface area contributed by atoms with Gasteiger partial charge in [-0.05, 0) is 43.4 Å². The number of piperazine rings is 1. The van der Waals surface area contributed by atoms with Crippen LogP contribution in [0.25, 0.3) is 6.08 Å². The minimum atomic E-state index is -1.41. The van der Waals surface area contributed by atoms with Crippen molar-refractivity contribution in [2.75, 3.05) is 18.0 Å². The molecule has 3 saturated heterocycles. The van der Waals surface area contributed by atoms with E-state index in [1.807, 2.05) is 48.6 Å². The Kier molecular flexibility index (Phi) is 4.91. The monoisotopic (exact) mass is 469 g/mol. The molecule has 178 valence electrons. The summed E-state index contributed by atoms with van der Waals surface area (Å²) in [5.74, 6) is -2.56. The van der Waals surface area contributed by atoms with E-state index in [2.05, 4.69) is 0 Å². The third-order valence-corrected chi connectivity index (χ3v) is 7.91. The fourth-order valence-electron chi connectivity index (χ4n) is 6.11. The van der Waals surface area contributed by atoms with Crippen molar-refractivity contribution in [1.29, 1.82) is 0 Å². The zero-order valence-electron chi connectivity index (χ0n) is 19.5. The maximum absolute atomic E-state index is 13.9. The number of hydrogen-bond acceptors (Lipinski definition) is 4. The number of anilines is 1. The summed E-state index contributed by atoms with van der Waals surface area (Å²) in [5.41, 5.74) is -0.000574. The van der Waals surface area contributed by atoms with Crippen molar-refractivity contribution in [3.05, 3.63) is 72.3 Å². The predicted molar refractivity (Wildman–Crippen MR) is 130 cm³/mol. The number of carbonyl (C=O) groups excluding carboxylic acids is 4. The molecule has 0 spiro atoms. The van der Waals surface area contributed by atoms with Crippen LogP contribution in [0.3, 0.4) is 0 Å². The molecule has 7 nitrogen and oxygen atoms in total. The molecular formula is C28H27N3O4. The zero-order valence-corrected chi connectivity index (χ0v) is 19.5. The summed E-state index contributed by atoms with van der Waals surface area (Å²) in [7, 11) is 0. The van der Waals surface area contributed by atoms with E-state index in [0.717, 1.165) is 18.4 Å². The lowest BCUT2D eigenvalue weighted by Gasteiger charge is -2.46. The molecule has 1 aliphatic carbocycles. The fraction of sp³-hybridized carbons (Fsp3) is 0.357. The number of amides is 4. The second kappa shape index (κ2) is 7.90. The average molecular weight is 470 g/mol. The van der Waals surface area contributed by atoms with Crippen LogP contribution in [0.2, 0.25) is 0 Å². The molecule has 0 radical (unpaired) electrons. The van der Waals surface area contributed by atoms with Crippen LogP contribution >= 0.6 is 0 Å². The maximum atomic E-state index is 13.9. The zero-order chi connectivity index (χ0) is 24.3. The van der Waals surface area contributed by atoms with Crippen LogP contribution in [-0.2, 0) is 19.2 Å². The van der Waals surface area contributed by atoms with E-state index in [4.69, 9.17) is 0 Å². The molecule has 1 saturated carbocycles. The van der Waals surface area contributed by atoms with Crippen LogP contribution in [-0.4, -0.2) is 58.1 Å². The van der Waals surface area contributed by atoms with Crippen LogP contribution in [0.15, 0.2) is 66.7 Å². The Morgan fingerprint density at radius 3 is 2.23 bits per heavy atom. The topological polar surface area (TPSA) is 78.0 Å². The lowest BCUT2D eigenvalue weighted by molar-refractivity contribution is -0.165. The molecule has 0 bridgehead atoms. The first-order chi connectivity index (χ1) is 16.9. The van der Waals surface area contributed by atoms with Gasteiger partial charge in [0.1, 0.15) is 5.54 Å². The number of benzene rings is 2. The summed E-state index contributed by atoms with van der Waals surface area (Å²) in [6, 6.07) is 17.7. The van der Waals surface area contributed by atoms with Gasteiger partial charge in [0, 0.05) is 6.54 Å². The number of rotatable bonds is 5. The van der Waals surface area contributed by atoms with E-state index in [-0.39, 0.29) is 24.3 Å². The van der Waals surface area contributed by atoms with E-state index in [1.165, 1.54) is 9.80 Å². The minimum Gasteiger partial charge on any atom is -0.331 e. The largest absolute Gasteiger partial charge is 0.331 e. The lowest BCUT2D eigenvalue weighted by atomic mass is 9.79. The van der Waals surface area contributed by atoms with Crippen molar-refractivity contribution in [2.24, 2.45) is 17.8 Å². The highest BCUT2D eigenvalue weighted by molar-refractivity contribution is 6.25. The van der Waals surface area contributed by atoms with Crippen molar-refractivity contribution in [1.82, 2.24) is 9.80 Å². The van der Waals surface area contributed by atoms with Crippen molar-refractivity contribution >= 4 is 35.4 Å². The maximum Gasteiger partial charge on any atom is 0.249 e. The highest BCUT2D eigenvalue weighted by Gasteiger charge is 2.72. The number of nitrogens with zero attached hydrogens (tertiary/aromatic N) is 3. The molecule has 4 fully saturated rings. The molecule has 2 aromatic rings. The molecule has 2 aromatic carbocycles. The van der Waals surface area contributed by atoms with Crippen LogP contribution in [0.5, 0.6) is 0 Å². The standard InChI is InChI=1S/C28H27N3O4/c1-28-24-23(25(33)30(26(24)34)20-10-6-3-7-11-20)21(15-14-18-8-4-2-5-9-18)31(28)22(32)17-29(27(28)35)16-19-12-13-19/h2-11,14-15,19,21,23-24H,12-13,16-17H2,1H3/t21?,23?,24?,28-/m1/s1. The first kappa shape index (κ1) is 21.8. The van der Waals surface area contributed by atoms with E-state index in [1.54, 1.807) is 36.1 Å². The quantitative estimate of drug-likeness (QED) is 0.631. The molecule has 3 unspecified atom stereocenters. The van der Waals surface area contributed by atoms with E-state index in [9.17, 15) is 19.2 Å². The van der Waals surface area contributed by atoms with Crippen LogP contribution in [0.4, 0.5) is 5.69 Å². The Labute approximate surface area is 204 Å². The first-order valence-corrected chi connectivity index (χ1v) is 12.2. The molecule has 0 N–H and O–H groups in total. The highest BCUT2D eigenvalue weighted by Crippen LogP contribution is 2.52. The second-order valence-electron chi connectivity index (χ2n) is 10.2. The molecule has 6 rings (SSSR count). The van der Waals surface area contributed by atoms with Gasteiger partial charge in [0.05, 0.1) is 30.1 Å². The average Bonchev–Trinajstić information content (AvgIpc) is 3.58. The summed E-state index contributed by atoms with van der Waals surface area (Å²) in [6.45, 7) is 2.20. The van der Waals surface area contributed by atoms with Crippen LogP contribution < -0.4 is 4.90 Å². The number of para-hydroxylation sites is 1. The van der Waals surface area contributed by atoms with Gasteiger partial charge < -0.3 is 9.80 Å². The van der Waals surface area contributed by atoms with Crippen LogP contribution in [0, 0.1) is 17.8 Å². The lowest BCUT2D eigenvalue weighted by Crippen LogP contribution is -2.68. The van der Waals surface area contributed by atoms with E-state index < -0.39 is 29.3 Å². The number of imide groups is 1. The van der Waals surface area contributed by atoms with Gasteiger partial charge in [-0.2, -0.15) is 0 Å². The van der Waals surface area contributed by atoms with E-state index >= 15 is 0 Å². The van der Waals surface area contributed by atoms with Crippen LogP contribution in [0.1, 0.15) is 25.3 Å². The molecule has 3 aliphatic heterocycles. The van der Waals surface area contributed by atoms with Gasteiger partial charge in [-0.25, -0.2) is 4.90 Å². The molecule has 7 heteroatoms. The summed E-state index contributed by atoms with van der Waals surface area (Å²) in [4.78, 5) is 59.4. The van der Waals surface area contributed by atoms with Gasteiger partial charge in [0.25, 0.3) is 0 Å². The SMILES string of the molecule is C[C@@]12C(=O)N(CC3CC3)CC(=O)N1C(C=Cc1ccccc1)C1C(=O)N(c3ccccc3)C(=O)C12. The molecule has 0 aromatic heterocycles. The molecule has 3 heterocycles. The molecule has 4 amide bonds. The van der Waals surface area contributed by atoms with Crippen molar-refractivity contribution in [2.45, 2.75) is 31.3 Å². The molecule has 4 aliphatic rings. The van der Waals surface area contributed by atoms with Crippen molar-refractivity contribution in [3.63, 3.8) is 0 Å². The van der Waals surface area contributed by atoms with Gasteiger partial charge in [-0.15, -0.1) is 0 Å². The summed E-state index contributed by atoms with van der Waals surface area (Å²) in [6.07, 6.45) is 5.78. The summed E-state index contributed by atoms with van der Waals surface area (Å²) >= 11 is 0. The van der Waals surface area contributed by atoms with Crippen molar-refractivity contribution in [3.8, 4) is 0 Å². The van der Waals surface area contributed by atoms with E-state index in [0.29, 0.717) is 18.2 Å². The van der Waals surface area contributed by atoms with Gasteiger partial charge >= 0.3 is 0 Å². The fourth-order valence-corrected chi connectivity index (χ4v) is 6.11. The van der Waals surface area contributed by atoms with Crippen molar-refractivity contribution < 1.29 is 19.2 Å². The predicted octanol–water partition coefficient (Wildman–Crippen LogP) is 2.73. The Bertz CT molecular complexity index is 1240. The molecule has 4 atom stereocenters. The minimum absolute atomic E-state index is 0.00911. The molecule has 35 heavy (non-hydrogen) atoms. The van der Waals surface area contributed by atoms with Gasteiger partial charge in [0.15, 0.2) is 0 Å². The number of hydrogen-bond donors (Lipinski definition) is 0. The third-order valence-electron chi connectivity index (χ3n) is 7.91. The van der Waals surface area contributed by atoms with Gasteiger partial charge in [-0.1, -0.05) is 60.7 Å². The van der Waals surface area contributed by atoms with Gasteiger partial charge in [0.2, 0.25) is 23.6 Å². The van der Waals surface area contributed by atoms with Gasteiger partial charge in [-0.3, -0.25) is 19.2 Å². The first-order valence-electron chi connectivity index (χ1n) is 12.2. The third kappa shape index (κ3) is 3.25. The Balaban J connectivity index is 1.45. The summed E-state index contributed by atoms with van der Waals surface area (Å²) < 4.78 is 0. The highest BCUT2D eigenvalue weighted by atomic mass is 16.2. The Hall–Kier alpha value is -3.74. The smallest absolute Gasteiger partial charge is 0.249 e. The number of fused-ring (bicyclic) bond motifs is 3. The Morgan fingerprint density at radius 1 is 0.914 bits per heavy atom. The number of carbonyl (C=O) groups is 4. The Morgan fingerprint density at radius 2 is 1.57 bits per heavy atom. The summed E-state index contributed by atoms with van der Waals surface area (Å²) in [5, 5.41) is 0. The second-order valence-corrected chi connectivity index (χ2v) is 10.2. The normalized spacial score (nSPS) is 30.4.